The highest BCUT2D eigenvalue weighted by molar-refractivity contribution is 5.97. The zero-order valence-electron chi connectivity index (χ0n) is 22.1. The van der Waals surface area contributed by atoms with Crippen LogP contribution in [0.5, 0.6) is 5.75 Å². The van der Waals surface area contributed by atoms with Crippen molar-refractivity contribution < 1.29 is 32.2 Å². The number of carbonyl (C=O) groups is 2. The summed E-state index contributed by atoms with van der Waals surface area (Å²) in [5, 5.41) is 2.67. The number of rotatable bonds is 7. The van der Waals surface area contributed by atoms with Gasteiger partial charge in [0.2, 0.25) is 0 Å². The molecule has 0 bridgehead atoms. The average molecular weight is 538 g/mol. The monoisotopic (exact) mass is 537 g/mol. The molecule has 0 unspecified atom stereocenters. The number of nitrogens with one attached hydrogen (secondary N) is 1. The molecule has 2 aliphatic heterocycles. The Morgan fingerprint density at radius 2 is 2.00 bits per heavy atom. The van der Waals surface area contributed by atoms with E-state index in [0.717, 1.165) is 36.7 Å². The molecule has 2 saturated heterocycles. The van der Waals surface area contributed by atoms with E-state index < -0.39 is 17.6 Å². The van der Waals surface area contributed by atoms with E-state index in [1.54, 1.807) is 6.07 Å². The van der Waals surface area contributed by atoms with Crippen LogP contribution in [0.1, 0.15) is 55.2 Å². The van der Waals surface area contributed by atoms with Crippen LogP contribution in [0.25, 0.3) is 0 Å². The summed E-state index contributed by atoms with van der Waals surface area (Å²) in [6.45, 7) is 8.48. The summed E-state index contributed by atoms with van der Waals surface area (Å²) < 4.78 is 55.8. The molecular formula is C26H34F3N5O4. The van der Waals surface area contributed by atoms with Crippen LogP contribution in [0.15, 0.2) is 29.3 Å². The summed E-state index contributed by atoms with van der Waals surface area (Å²) in [7, 11) is 1.87. The van der Waals surface area contributed by atoms with Gasteiger partial charge in [0.05, 0.1) is 30.3 Å². The lowest BCUT2D eigenvalue weighted by Crippen LogP contribution is -2.32. The fraction of sp³-hybridized carbons (Fsp3) is 0.577. The molecule has 0 spiro atoms. The number of carbonyl (C=O) groups excluding carboxylic acids is 2. The Kier molecular flexibility index (Phi) is 7.91. The van der Waals surface area contributed by atoms with Gasteiger partial charge in [-0.25, -0.2) is 4.79 Å². The zero-order valence-corrected chi connectivity index (χ0v) is 22.1. The number of urea groups is 1. The Morgan fingerprint density at radius 1 is 1.24 bits per heavy atom. The Morgan fingerprint density at radius 3 is 2.61 bits per heavy atom. The minimum absolute atomic E-state index is 0.0115. The zero-order chi connectivity index (χ0) is 27.7. The minimum Gasteiger partial charge on any atom is -0.491 e. The number of nitrogens with zero attached hydrogens (tertiary/aromatic N) is 4. The van der Waals surface area contributed by atoms with Crippen LogP contribution in [0.2, 0.25) is 0 Å². The third-order valence-electron chi connectivity index (χ3n) is 6.73. The number of aromatic nitrogens is 2. The van der Waals surface area contributed by atoms with Crippen LogP contribution in [0, 0.1) is 0 Å². The van der Waals surface area contributed by atoms with Crippen LogP contribution < -0.4 is 15.5 Å². The van der Waals surface area contributed by atoms with Crippen LogP contribution >= 0.6 is 0 Å². The Labute approximate surface area is 219 Å². The number of halogens is 3. The highest BCUT2D eigenvalue weighted by atomic mass is 19.4. The molecule has 12 heteroatoms. The normalized spacial score (nSPS) is 18.8. The van der Waals surface area contributed by atoms with Gasteiger partial charge in [-0.1, -0.05) is 20.8 Å². The van der Waals surface area contributed by atoms with Gasteiger partial charge in [0.1, 0.15) is 12.4 Å². The number of hydrogen-bond acceptors (Lipinski definition) is 4. The second-order valence-corrected chi connectivity index (χ2v) is 10.6. The van der Waals surface area contributed by atoms with E-state index >= 15 is 0 Å². The number of amides is 3. The van der Waals surface area contributed by atoms with E-state index in [1.807, 2.05) is 37.2 Å². The molecule has 3 amide bonds. The summed E-state index contributed by atoms with van der Waals surface area (Å²) in [6.07, 6.45) is -2.87. The lowest BCUT2D eigenvalue weighted by molar-refractivity contribution is -0.137. The quantitative estimate of drug-likeness (QED) is 0.586. The highest BCUT2D eigenvalue weighted by Gasteiger charge is 2.32. The van der Waals surface area contributed by atoms with Crippen molar-refractivity contribution in [3.8, 4) is 5.75 Å². The van der Waals surface area contributed by atoms with E-state index in [1.165, 1.54) is 4.90 Å². The van der Waals surface area contributed by atoms with Crippen LogP contribution in [-0.2, 0) is 29.9 Å². The van der Waals surface area contributed by atoms with Gasteiger partial charge in [0, 0.05) is 43.9 Å². The van der Waals surface area contributed by atoms with Crippen molar-refractivity contribution in [1.29, 1.82) is 0 Å². The molecule has 0 radical (unpaired) electrons. The lowest BCUT2D eigenvalue weighted by Gasteiger charge is -2.21. The topological polar surface area (TPSA) is 90.1 Å². The smallest absolute Gasteiger partial charge is 0.416 e. The van der Waals surface area contributed by atoms with E-state index in [-0.39, 0.29) is 42.0 Å². The van der Waals surface area contributed by atoms with Gasteiger partial charge < -0.3 is 19.7 Å². The maximum Gasteiger partial charge on any atom is 0.416 e. The van der Waals surface area contributed by atoms with E-state index in [4.69, 9.17) is 9.47 Å². The van der Waals surface area contributed by atoms with Crippen molar-refractivity contribution in [2.75, 3.05) is 32.8 Å². The third-order valence-corrected chi connectivity index (χ3v) is 6.73. The maximum atomic E-state index is 13.5. The van der Waals surface area contributed by atoms with Gasteiger partial charge in [-0.05, 0) is 31.0 Å². The molecule has 38 heavy (non-hydrogen) atoms. The first-order chi connectivity index (χ1) is 17.8. The number of alkyl halides is 3. The summed E-state index contributed by atoms with van der Waals surface area (Å²) >= 11 is 0. The maximum absolute atomic E-state index is 13.5. The number of hydrogen-bond donors (Lipinski definition) is 1. The molecule has 1 aromatic heterocycles. The molecule has 3 heterocycles. The van der Waals surface area contributed by atoms with E-state index in [2.05, 4.69) is 10.3 Å². The first-order valence-corrected chi connectivity index (χ1v) is 12.7. The molecule has 2 fully saturated rings. The average Bonchev–Trinajstić information content (AvgIpc) is 3.56. The molecular weight excluding hydrogens is 503 g/mol. The number of benzene rings is 1. The Hall–Kier alpha value is -3.28. The van der Waals surface area contributed by atoms with Crippen molar-refractivity contribution in [2.45, 2.75) is 57.9 Å². The van der Waals surface area contributed by atoms with Crippen molar-refractivity contribution in [3.63, 3.8) is 0 Å². The van der Waals surface area contributed by atoms with Crippen molar-refractivity contribution in [2.24, 2.45) is 12.0 Å². The fourth-order valence-corrected chi connectivity index (χ4v) is 4.72. The fourth-order valence-electron chi connectivity index (χ4n) is 4.72. The molecule has 2 aliphatic rings. The predicted octanol–water partition coefficient (Wildman–Crippen LogP) is 3.47. The predicted molar refractivity (Wildman–Crippen MR) is 133 cm³/mol. The van der Waals surface area contributed by atoms with Gasteiger partial charge in [-0.15, -0.1) is 0 Å². The van der Waals surface area contributed by atoms with Crippen molar-refractivity contribution in [3.05, 3.63) is 46.6 Å². The molecule has 0 aliphatic carbocycles. The van der Waals surface area contributed by atoms with Crippen LogP contribution in [0.3, 0.4) is 0 Å². The van der Waals surface area contributed by atoms with Gasteiger partial charge in [-0.3, -0.25) is 14.2 Å². The van der Waals surface area contributed by atoms with Crippen LogP contribution in [-0.4, -0.2) is 65.2 Å². The molecule has 1 atom stereocenters. The van der Waals surface area contributed by atoms with Gasteiger partial charge in [-0.2, -0.15) is 18.2 Å². The first-order valence-electron chi connectivity index (χ1n) is 12.7. The summed E-state index contributed by atoms with van der Waals surface area (Å²) in [6, 6.07) is 4.31. The largest absolute Gasteiger partial charge is 0.491 e. The molecule has 9 nitrogen and oxygen atoms in total. The van der Waals surface area contributed by atoms with Gasteiger partial charge in [0.15, 0.2) is 5.49 Å². The summed E-state index contributed by atoms with van der Waals surface area (Å²) in [5.41, 5.74) is -0.300. The number of ether oxygens (including phenoxy) is 2. The standard InChI is InChI=1S/C26H34F3N5O4/c1-25(2,3)21-15-22(34(32(21)4)16-18-6-5-12-37-18)31-23(35)19-14-17(26(27,28)29)7-8-20(19)38-13-11-33-10-9-30-24(33)36/h7-8,14-15,18H,5-6,9-13,16H2,1-4H3,(H,30,36)/b31-22+/t18-/m1/s1. The molecule has 0 saturated carbocycles. The third kappa shape index (κ3) is 6.23. The van der Waals surface area contributed by atoms with E-state index in [0.29, 0.717) is 31.7 Å². The van der Waals surface area contributed by atoms with Crippen molar-refractivity contribution >= 4 is 11.9 Å². The van der Waals surface area contributed by atoms with Gasteiger partial charge in [0.25, 0.3) is 5.91 Å². The second-order valence-electron chi connectivity index (χ2n) is 10.6. The Bertz CT molecular complexity index is 1250. The molecule has 208 valence electrons. The molecule has 4 rings (SSSR count). The minimum atomic E-state index is -4.65. The summed E-state index contributed by atoms with van der Waals surface area (Å²) in [5.74, 6) is -0.874. The molecule has 1 aromatic carbocycles. The highest BCUT2D eigenvalue weighted by Crippen LogP contribution is 2.33. The van der Waals surface area contributed by atoms with Crippen LogP contribution in [0.4, 0.5) is 18.0 Å². The SMILES string of the molecule is Cn1c(C(C)(C)C)c/c(=N\C(=O)c2cc(C(F)(F)F)ccc2OCCN2CCNC2=O)n1C[C@H]1CCCO1. The lowest BCUT2D eigenvalue weighted by atomic mass is 9.92. The first kappa shape index (κ1) is 27.7. The Balaban J connectivity index is 1.69. The second kappa shape index (κ2) is 10.8. The van der Waals surface area contributed by atoms with Crippen molar-refractivity contribution in [1.82, 2.24) is 19.6 Å². The summed E-state index contributed by atoms with van der Waals surface area (Å²) in [4.78, 5) is 31.0. The molecule has 2 aromatic rings. The van der Waals surface area contributed by atoms with Gasteiger partial charge >= 0.3 is 12.2 Å². The molecule has 1 N–H and O–H groups in total. The van der Waals surface area contributed by atoms with E-state index in [9.17, 15) is 22.8 Å².